The van der Waals surface area contributed by atoms with Crippen molar-refractivity contribution in [1.82, 2.24) is 29.5 Å². The summed E-state index contributed by atoms with van der Waals surface area (Å²) in [4.78, 5) is 25.2. The molecular weight excluding hydrogens is 316 g/mol. The topological polar surface area (TPSA) is 67.2 Å². The fraction of sp³-hybridized carbons (Fsp3) is 0.556. The molecule has 2 aromatic heterocycles. The monoisotopic (exact) mass is 342 g/mol. The SMILES string of the molecule is CCn1cc(CN2CCCN(C(=O)CCc3cnccn3)CC2)cn1. The zero-order valence-corrected chi connectivity index (χ0v) is 14.8. The summed E-state index contributed by atoms with van der Waals surface area (Å²) in [5.74, 6) is 0.214. The second-order valence-corrected chi connectivity index (χ2v) is 6.41. The highest BCUT2D eigenvalue weighted by Crippen LogP contribution is 2.10. The van der Waals surface area contributed by atoms with Gasteiger partial charge in [0.1, 0.15) is 0 Å². The summed E-state index contributed by atoms with van der Waals surface area (Å²) in [6.07, 6.45) is 11.3. The molecule has 0 saturated carbocycles. The largest absolute Gasteiger partial charge is 0.341 e. The molecule has 0 aliphatic carbocycles. The quantitative estimate of drug-likeness (QED) is 0.793. The Hall–Kier alpha value is -2.28. The number of aromatic nitrogens is 4. The van der Waals surface area contributed by atoms with E-state index in [-0.39, 0.29) is 5.91 Å². The molecule has 2 aromatic rings. The van der Waals surface area contributed by atoms with E-state index in [9.17, 15) is 4.79 Å². The zero-order valence-electron chi connectivity index (χ0n) is 14.8. The number of rotatable bonds is 6. The van der Waals surface area contributed by atoms with Gasteiger partial charge in [-0.3, -0.25) is 24.3 Å². The highest BCUT2D eigenvalue weighted by Gasteiger charge is 2.19. The van der Waals surface area contributed by atoms with E-state index < -0.39 is 0 Å². The van der Waals surface area contributed by atoms with Crippen LogP contribution in [0.4, 0.5) is 0 Å². The molecule has 3 heterocycles. The zero-order chi connectivity index (χ0) is 17.5. The van der Waals surface area contributed by atoms with Crippen LogP contribution >= 0.6 is 0 Å². The van der Waals surface area contributed by atoms with E-state index in [0.717, 1.165) is 51.4 Å². The Balaban J connectivity index is 1.46. The van der Waals surface area contributed by atoms with Crippen molar-refractivity contribution in [2.45, 2.75) is 39.3 Å². The van der Waals surface area contributed by atoms with Gasteiger partial charge in [-0.25, -0.2) is 0 Å². The third-order valence-electron chi connectivity index (χ3n) is 4.57. The Bertz CT molecular complexity index is 671. The van der Waals surface area contributed by atoms with Crippen LogP contribution in [-0.4, -0.2) is 61.6 Å². The minimum Gasteiger partial charge on any atom is -0.341 e. The van der Waals surface area contributed by atoms with E-state index in [2.05, 4.69) is 33.1 Å². The maximum absolute atomic E-state index is 12.5. The fourth-order valence-electron chi connectivity index (χ4n) is 3.15. The van der Waals surface area contributed by atoms with Crippen molar-refractivity contribution in [3.8, 4) is 0 Å². The Morgan fingerprint density at radius 1 is 1.16 bits per heavy atom. The molecule has 1 saturated heterocycles. The summed E-state index contributed by atoms with van der Waals surface area (Å²) in [6.45, 7) is 7.45. The van der Waals surface area contributed by atoms with E-state index in [1.165, 1.54) is 5.56 Å². The number of hydrogen-bond donors (Lipinski definition) is 0. The van der Waals surface area contributed by atoms with Crippen LogP contribution in [-0.2, 0) is 24.3 Å². The summed E-state index contributed by atoms with van der Waals surface area (Å²) in [6, 6.07) is 0. The smallest absolute Gasteiger partial charge is 0.223 e. The van der Waals surface area contributed by atoms with Gasteiger partial charge in [-0.2, -0.15) is 5.10 Å². The van der Waals surface area contributed by atoms with Crippen LogP contribution in [0.15, 0.2) is 31.0 Å². The summed E-state index contributed by atoms with van der Waals surface area (Å²) in [5.41, 5.74) is 2.12. The van der Waals surface area contributed by atoms with Crippen molar-refractivity contribution in [2.24, 2.45) is 0 Å². The summed E-state index contributed by atoms with van der Waals surface area (Å²) in [7, 11) is 0. The molecule has 0 bridgehead atoms. The second kappa shape index (κ2) is 8.71. The molecule has 1 aliphatic rings. The van der Waals surface area contributed by atoms with Gasteiger partial charge in [0.2, 0.25) is 5.91 Å². The van der Waals surface area contributed by atoms with Crippen molar-refractivity contribution in [3.63, 3.8) is 0 Å². The predicted octanol–water partition coefficient (Wildman–Crippen LogP) is 1.36. The van der Waals surface area contributed by atoms with Crippen LogP contribution in [0.2, 0.25) is 0 Å². The second-order valence-electron chi connectivity index (χ2n) is 6.41. The lowest BCUT2D eigenvalue weighted by Crippen LogP contribution is -2.35. The molecule has 7 heteroatoms. The van der Waals surface area contributed by atoms with E-state index in [4.69, 9.17) is 0 Å². The molecule has 134 valence electrons. The van der Waals surface area contributed by atoms with Crippen LogP contribution < -0.4 is 0 Å². The first-order valence-electron chi connectivity index (χ1n) is 9.01. The lowest BCUT2D eigenvalue weighted by Gasteiger charge is -2.21. The summed E-state index contributed by atoms with van der Waals surface area (Å²) in [5, 5.41) is 4.33. The highest BCUT2D eigenvalue weighted by molar-refractivity contribution is 5.76. The van der Waals surface area contributed by atoms with Crippen molar-refractivity contribution in [3.05, 3.63) is 42.2 Å². The van der Waals surface area contributed by atoms with Crippen molar-refractivity contribution >= 4 is 5.91 Å². The number of aryl methyl sites for hydroxylation is 2. The minimum atomic E-state index is 0.214. The van der Waals surface area contributed by atoms with Crippen molar-refractivity contribution in [2.75, 3.05) is 26.2 Å². The number of nitrogens with zero attached hydrogens (tertiary/aromatic N) is 6. The van der Waals surface area contributed by atoms with Crippen molar-refractivity contribution < 1.29 is 4.79 Å². The van der Waals surface area contributed by atoms with E-state index in [1.54, 1.807) is 18.6 Å². The van der Waals surface area contributed by atoms with E-state index in [1.807, 2.05) is 15.8 Å². The minimum absolute atomic E-state index is 0.214. The van der Waals surface area contributed by atoms with Gasteiger partial charge in [0, 0.05) is 76.0 Å². The van der Waals surface area contributed by atoms with Gasteiger partial charge in [0.25, 0.3) is 0 Å². The van der Waals surface area contributed by atoms with E-state index in [0.29, 0.717) is 12.8 Å². The first-order valence-corrected chi connectivity index (χ1v) is 9.01. The molecule has 7 nitrogen and oxygen atoms in total. The molecule has 0 atom stereocenters. The Kier molecular flexibility index (Phi) is 6.11. The van der Waals surface area contributed by atoms with Gasteiger partial charge in [-0.1, -0.05) is 0 Å². The van der Waals surface area contributed by atoms with Gasteiger partial charge >= 0.3 is 0 Å². The Morgan fingerprint density at radius 2 is 2.08 bits per heavy atom. The third kappa shape index (κ3) is 5.09. The number of carbonyl (C=O) groups is 1. The van der Waals surface area contributed by atoms with Gasteiger partial charge in [-0.15, -0.1) is 0 Å². The van der Waals surface area contributed by atoms with Crippen LogP contribution in [0, 0.1) is 0 Å². The molecule has 0 aromatic carbocycles. The number of hydrogen-bond acceptors (Lipinski definition) is 5. The molecular formula is C18H26N6O. The average molecular weight is 342 g/mol. The van der Waals surface area contributed by atoms with Gasteiger partial charge < -0.3 is 4.90 Å². The first kappa shape index (κ1) is 17.5. The molecule has 0 radical (unpaired) electrons. The average Bonchev–Trinajstić information content (AvgIpc) is 2.97. The standard InChI is InChI=1S/C18H26N6O/c1-2-24-15-16(12-21-24)14-22-8-3-9-23(11-10-22)18(25)5-4-17-13-19-6-7-20-17/h6-7,12-13,15H,2-5,8-11,14H2,1H3. The molecule has 0 spiro atoms. The van der Waals surface area contributed by atoms with Crippen molar-refractivity contribution in [1.29, 1.82) is 0 Å². The molecule has 1 amide bonds. The molecule has 0 unspecified atom stereocenters. The van der Waals surface area contributed by atoms with Crippen LogP contribution in [0.25, 0.3) is 0 Å². The normalized spacial score (nSPS) is 16.0. The number of amides is 1. The molecule has 3 rings (SSSR count). The molecule has 1 fully saturated rings. The summed E-state index contributed by atoms with van der Waals surface area (Å²) >= 11 is 0. The molecule has 0 N–H and O–H groups in total. The van der Waals surface area contributed by atoms with E-state index >= 15 is 0 Å². The molecule has 1 aliphatic heterocycles. The molecule has 25 heavy (non-hydrogen) atoms. The Labute approximate surface area is 148 Å². The third-order valence-corrected chi connectivity index (χ3v) is 4.57. The van der Waals surface area contributed by atoms with Crippen LogP contribution in [0.3, 0.4) is 0 Å². The number of carbonyl (C=O) groups excluding carboxylic acids is 1. The lowest BCUT2D eigenvalue weighted by molar-refractivity contribution is -0.131. The lowest BCUT2D eigenvalue weighted by atomic mass is 10.2. The fourth-order valence-corrected chi connectivity index (χ4v) is 3.15. The van der Waals surface area contributed by atoms with Gasteiger partial charge in [0.05, 0.1) is 11.9 Å². The van der Waals surface area contributed by atoms with Crippen LogP contribution in [0.1, 0.15) is 31.0 Å². The maximum atomic E-state index is 12.5. The summed E-state index contributed by atoms with van der Waals surface area (Å²) < 4.78 is 1.95. The van der Waals surface area contributed by atoms with Gasteiger partial charge in [0.15, 0.2) is 0 Å². The van der Waals surface area contributed by atoms with Crippen LogP contribution in [0.5, 0.6) is 0 Å². The maximum Gasteiger partial charge on any atom is 0.223 e. The van der Waals surface area contributed by atoms with Gasteiger partial charge in [-0.05, 0) is 19.8 Å². The predicted molar refractivity (Wildman–Crippen MR) is 94.7 cm³/mol. The Morgan fingerprint density at radius 3 is 2.84 bits per heavy atom. The first-order chi connectivity index (χ1) is 12.2. The highest BCUT2D eigenvalue weighted by atomic mass is 16.2.